The zero-order valence-corrected chi connectivity index (χ0v) is 15.9. The van der Waals surface area contributed by atoms with Crippen molar-refractivity contribution in [3.8, 4) is 0 Å². The van der Waals surface area contributed by atoms with Crippen LogP contribution in [0, 0.1) is 6.92 Å². The highest BCUT2D eigenvalue weighted by Crippen LogP contribution is 2.35. The summed E-state index contributed by atoms with van der Waals surface area (Å²) in [4.78, 5) is 28.4. The summed E-state index contributed by atoms with van der Waals surface area (Å²) < 4.78 is 29.5. The van der Waals surface area contributed by atoms with Crippen LogP contribution < -0.4 is 10.7 Å². The molecule has 2 unspecified atom stereocenters. The Morgan fingerprint density at radius 3 is 2.93 bits per heavy atom. The van der Waals surface area contributed by atoms with Crippen molar-refractivity contribution in [2.45, 2.75) is 37.8 Å². The van der Waals surface area contributed by atoms with Gasteiger partial charge >= 0.3 is 0 Å². The molecule has 2 aliphatic heterocycles. The number of pyridine rings is 1. The molecular formula is C19H22N2O5S. The lowest BCUT2D eigenvalue weighted by Crippen LogP contribution is -2.49. The minimum absolute atomic E-state index is 0.00219. The number of hydrogen-bond acceptors (Lipinski definition) is 5. The lowest BCUT2D eigenvalue weighted by Gasteiger charge is -2.37. The van der Waals surface area contributed by atoms with Gasteiger partial charge in [0.15, 0.2) is 9.84 Å². The van der Waals surface area contributed by atoms with Crippen LogP contribution in [-0.4, -0.2) is 49.1 Å². The second-order valence-electron chi connectivity index (χ2n) is 7.62. The van der Waals surface area contributed by atoms with Crippen molar-refractivity contribution < 1.29 is 17.9 Å². The highest BCUT2D eigenvalue weighted by Gasteiger charge is 2.46. The van der Waals surface area contributed by atoms with E-state index in [-0.39, 0.29) is 28.5 Å². The Morgan fingerprint density at radius 2 is 2.19 bits per heavy atom. The Balaban J connectivity index is 1.55. The van der Waals surface area contributed by atoms with Crippen LogP contribution in [0.3, 0.4) is 0 Å². The Hall–Kier alpha value is -2.19. The summed E-state index contributed by atoms with van der Waals surface area (Å²) in [6.45, 7) is 2.29. The second kappa shape index (κ2) is 6.45. The fourth-order valence-corrected chi connectivity index (χ4v) is 6.05. The number of aromatic amines is 1. The predicted octanol–water partition coefficient (Wildman–Crippen LogP) is 1.30. The number of fused-ring (bicyclic) bond motifs is 1. The Labute approximate surface area is 157 Å². The molecule has 2 N–H and O–H groups in total. The third kappa shape index (κ3) is 3.51. The lowest BCUT2D eigenvalue weighted by molar-refractivity contribution is -0.0690. The van der Waals surface area contributed by atoms with Crippen molar-refractivity contribution in [3.63, 3.8) is 0 Å². The molecule has 8 heteroatoms. The fourth-order valence-electron chi connectivity index (χ4n) is 4.08. The van der Waals surface area contributed by atoms with E-state index in [0.29, 0.717) is 36.8 Å². The number of rotatable bonds is 2. The van der Waals surface area contributed by atoms with Crippen molar-refractivity contribution in [1.82, 2.24) is 10.3 Å². The van der Waals surface area contributed by atoms with E-state index in [1.54, 1.807) is 6.07 Å². The average Bonchev–Trinajstić information content (AvgIpc) is 2.89. The molecule has 0 bridgehead atoms. The van der Waals surface area contributed by atoms with Gasteiger partial charge in [0, 0.05) is 29.7 Å². The SMILES string of the molecule is Cc1ccc2[nH]cc(C(=O)NC3CCOC4(CCS(=O)(=O)C4)C3)c(=O)c2c1. The highest BCUT2D eigenvalue weighted by molar-refractivity contribution is 7.91. The minimum atomic E-state index is -3.09. The van der Waals surface area contributed by atoms with E-state index in [9.17, 15) is 18.0 Å². The third-order valence-electron chi connectivity index (χ3n) is 5.46. The summed E-state index contributed by atoms with van der Waals surface area (Å²) in [7, 11) is -3.09. The molecule has 2 saturated heterocycles. The van der Waals surface area contributed by atoms with E-state index in [1.165, 1.54) is 6.20 Å². The summed E-state index contributed by atoms with van der Waals surface area (Å²) in [5, 5.41) is 3.38. The number of carbonyl (C=O) groups excluding carboxylic acids is 1. The number of aromatic nitrogens is 1. The molecule has 1 aromatic carbocycles. The lowest BCUT2D eigenvalue weighted by atomic mass is 9.89. The van der Waals surface area contributed by atoms with Gasteiger partial charge in [0.1, 0.15) is 5.56 Å². The molecule has 144 valence electrons. The van der Waals surface area contributed by atoms with Crippen LogP contribution in [0.15, 0.2) is 29.2 Å². The normalized spacial score (nSPS) is 27.1. The monoisotopic (exact) mass is 390 g/mol. The molecular weight excluding hydrogens is 368 g/mol. The fraction of sp³-hybridized carbons (Fsp3) is 0.474. The van der Waals surface area contributed by atoms with Crippen molar-refractivity contribution in [2.75, 3.05) is 18.1 Å². The van der Waals surface area contributed by atoms with Crippen LogP contribution in [0.25, 0.3) is 10.9 Å². The predicted molar refractivity (Wildman–Crippen MR) is 102 cm³/mol. The zero-order chi connectivity index (χ0) is 19.2. The van der Waals surface area contributed by atoms with Crippen molar-refractivity contribution in [3.05, 3.63) is 45.7 Å². The minimum Gasteiger partial charge on any atom is -0.374 e. The second-order valence-corrected chi connectivity index (χ2v) is 9.80. The van der Waals surface area contributed by atoms with Crippen LogP contribution in [0.5, 0.6) is 0 Å². The Morgan fingerprint density at radius 1 is 1.37 bits per heavy atom. The van der Waals surface area contributed by atoms with Crippen LogP contribution in [0.2, 0.25) is 0 Å². The first-order chi connectivity index (χ1) is 12.8. The number of sulfone groups is 1. The maximum atomic E-state index is 12.7. The molecule has 2 aliphatic rings. The molecule has 0 radical (unpaired) electrons. The van der Waals surface area contributed by atoms with E-state index in [0.717, 1.165) is 5.56 Å². The number of H-pyrrole nitrogens is 1. The van der Waals surface area contributed by atoms with Crippen molar-refractivity contribution in [2.24, 2.45) is 0 Å². The molecule has 27 heavy (non-hydrogen) atoms. The van der Waals surface area contributed by atoms with E-state index < -0.39 is 21.3 Å². The van der Waals surface area contributed by atoms with Gasteiger partial charge < -0.3 is 15.0 Å². The number of amides is 1. The van der Waals surface area contributed by atoms with Crippen LogP contribution >= 0.6 is 0 Å². The maximum absolute atomic E-state index is 12.7. The van der Waals surface area contributed by atoms with Gasteiger partial charge in [-0.25, -0.2) is 8.42 Å². The number of nitrogens with one attached hydrogen (secondary N) is 2. The van der Waals surface area contributed by atoms with Crippen molar-refractivity contribution >= 4 is 26.6 Å². The topological polar surface area (TPSA) is 105 Å². The number of ether oxygens (including phenoxy) is 1. The van der Waals surface area contributed by atoms with Gasteiger partial charge in [-0.2, -0.15) is 0 Å². The van der Waals surface area contributed by atoms with Gasteiger partial charge in [-0.3, -0.25) is 9.59 Å². The molecule has 2 fully saturated rings. The molecule has 3 heterocycles. The molecule has 4 rings (SSSR count). The zero-order valence-electron chi connectivity index (χ0n) is 15.1. The number of aryl methyl sites for hydroxylation is 1. The van der Waals surface area contributed by atoms with Gasteiger partial charge in [-0.1, -0.05) is 11.6 Å². The summed E-state index contributed by atoms with van der Waals surface area (Å²) in [5.41, 5.74) is 0.674. The first kappa shape index (κ1) is 18.2. The van der Waals surface area contributed by atoms with Gasteiger partial charge in [-0.05, 0) is 38.3 Å². The van der Waals surface area contributed by atoms with Gasteiger partial charge in [-0.15, -0.1) is 0 Å². The first-order valence-electron chi connectivity index (χ1n) is 9.04. The third-order valence-corrected chi connectivity index (χ3v) is 7.25. The molecule has 1 spiro atoms. The Kier molecular flexibility index (Phi) is 4.35. The highest BCUT2D eigenvalue weighted by atomic mass is 32.2. The molecule has 0 saturated carbocycles. The molecule has 7 nitrogen and oxygen atoms in total. The van der Waals surface area contributed by atoms with Crippen LogP contribution in [0.1, 0.15) is 35.2 Å². The number of carbonyl (C=O) groups is 1. The van der Waals surface area contributed by atoms with E-state index in [2.05, 4.69) is 10.3 Å². The molecule has 0 aliphatic carbocycles. The quantitative estimate of drug-likeness (QED) is 0.804. The standard InChI is InChI=1S/C19H22N2O5S/c1-12-2-3-16-14(8-12)17(22)15(10-20-16)18(23)21-13-4-6-26-19(9-13)5-7-27(24,25)11-19/h2-3,8,10,13H,4-7,9,11H2,1H3,(H,20,22)(H,21,23). The van der Waals surface area contributed by atoms with Crippen molar-refractivity contribution in [1.29, 1.82) is 0 Å². The molecule has 2 atom stereocenters. The van der Waals surface area contributed by atoms with Gasteiger partial charge in [0.05, 0.1) is 17.1 Å². The summed E-state index contributed by atoms with van der Waals surface area (Å²) in [6.07, 6.45) is 2.93. The van der Waals surface area contributed by atoms with Gasteiger partial charge in [0.2, 0.25) is 5.43 Å². The molecule has 1 amide bonds. The summed E-state index contributed by atoms with van der Waals surface area (Å²) in [5.74, 6) is -0.318. The number of benzene rings is 1. The largest absolute Gasteiger partial charge is 0.374 e. The van der Waals surface area contributed by atoms with Gasteiger partial charge in [0.25, 0.3) is 5.91 Å². The molecule has 2 aromatic rings. The van der Waals surface area contributed by atoms with Crippen LogP contribution in [0.4, 0.5) is 0 Å². The maximum Gasteiger partial charge on any atom is 0.256 e. The first-order valence-corrected chi connectivity index (χ1v) is 10.9. The number of hydrogen-bond donors (Lipinski definition) is 2. The van der Waals surface area contributed by atoms with Crippen LogP contribution in [-0.2, 0) is 14.6 Å². The van der Waals surface area contributed by atoms with E-state index in [1.807, 2.05) is 19.1 Å². The molecule has 1 aromatic heterocycles. The van der Waals surface area contributed by atoms with E-state index >= 15 is 0 Å². The Bertz CT molecular complexity index is 1080. The summed E-state index contributed by atoms with van der Waals surface area (Å²) >= 11 is 0. The summed E-state index contributed by atoms with van der Waals surface area (Å²) in [6, 6.07) is 5.26. The van der Waals surface area contributed by atoms with E-state index in [4.69, 9.17) is 4.74 Å². The smallest absolute Gasteiger partial charge is 0.256 e. The average molecular weight is 390 g/mol.